The van der Waals surface area contributed by atoms with Crippen LogP contribution < -0.4 is 0 Å². The molecule has 4 heteroatoms. The number of hydrogen-bond acceptors (Lipinski definition) is 3. The molecule has 2 heterocycles. The minimum Gasteiger partial charge on any atom is -0.444 e. The number of benzene rings is 1. The van der Waals surface area contributed by atoms with Gasteiger partial charge in [-0.05, 0) is 58.6 Å². The van der Waals surface area contributed by atoms with Gasteiger partial charge in [0.05, 0.1) is 0 Å². The molecule has 4 nitrogen and oxygen atoms in total. The lowest BCUT2D eigenvalue weighted by Gasteiger charge is -2.48. The standard InChI is InChI=1S/C21H32N2O2/c1-20(2,3)25-19(24)23-14-8-12-21(17-23)11-7-13-22(16-21)15-18-9-5-4-6-10-18/h4-6,9-10H,7-8,11-17H2,1-3H3/t21-/m0/s1. The number of rotatable bonds is 2. The van der Waals surface area contributed by atoms with Crippen LogP contribution in [0, 0.1) is 5.41 Å². The van der Waals surface area contributed by atoms with Crippen molar-refractivity contribution >= 4 is 6.09 Å². The lowest BCUT2D eigenvalue weighted by molar-refractivity contribution is -0.0169. The maximum absolute atomic E-state index is 12.5. The van der Waals surface area contributed by atoms with Crippen LogP contribution in [0.2, 0.25) is 0 Å². The topological polar surface area (TPSA) is 32.8 Å². The molecule has 1 atom stereocenters. The number of piperidine rings is 2. The number of nitrogens with zero attached hydrogens (tertiary/aromatic N) is 2. The molecule has 0 radical (unpaired) electrons. The van der Waals surface area contributed by atoms with Gasteiger partial charge >= 0.3 is 6.09 Å². The molecule has 2 saturated heterocycles. The lowest BCUT2D eigenvalue weighted by atomic mass is 9.73. The Bertz CT molecular complexity index is 577. The van der Waals surface area contributed by atoms with Crippen molar-refractivity contribution in [3.05, 3.63) is 35.9 Å². The smallest absolute Gasteiger partial charge is 0.410 e. The van der Waals surface area contributed by atoms with Crippen molar-refractivity contribution in [3.8, 4) is 0 Å². The molecule has 3 rings (SSSR count). The van der Waals surface area contributed by atoms with Crippen molar-refractivity contribution in [3.63, 3.8) is 0 Å². The van der Waals surface area contributed by atoms with E-state index < -0.39 is 5.60 Å². The Hall–Kier alpha value is -1.55. The molecule has 0 aromatic heterocycles. The molecule has 0 saturated carbocycles. The third kappa shape index (κ3) is 4.97. The first kappa shape index (κ1) is 18.2. The van der Waals surface area contributed by atoms with Crippen molar-refractivity contribution in [1.82, 2.24) is 9.80 Å². The summed E-state index contributed by atoms with van der Waals surface area (Å²) in [5, 5.41) is 0. The average molecular weight is 344 g/mol. The monoisotopic (exact) mass is 344 g/mol. The van der Waals surface area contributed by atoms with Crippen molar-refractivity contribution in [2.24, 2.45) is 5.41 Å². The van der Waals surface area contributed by atoms with Gasteiger partial charge in [-0.25, -0.2) is 4.79 Å². The van der Waals surface area contributed by atoms with E-state index in [2.05, 4.69) is 35.2 Å². The van der Waals surface area contributed by atoms with E-state index in [1.165, 1.54) is 24.8 Å². The maximum Gasteiger partial charge on any atom is 0.410 e. The minimum absolute atomic E-state index is 0.147. The van der Waals surface area contributed by atoms with E-state index in [1.54, 1.807) is 0 Å². The number of likely N-dealkylation sites (tertiary alicyclic amines) is 2. The number of amides is 1. The van der Waals surface area contributed by atoms with Crippen LogP contribution in [0.5, 0.6) is 0 Å². The SMILES string of the molecule is CC(C)(C)OC(=O)N1CCC[C@]2(CCCN(Cc3ccccc3)C2)C1. The zero-order chi connectivity index (χ0) is 17.9. The third-order valence-corrected chi connectivity index (χ3v) is 5.30. The van der Waals surface area contributed by atoms with Crippen molar-refractivity contribution in [1.29, 1.82) is 0 Å². The molecule has 0 aliphatic carbocycles. The summed E-state index contributed by atoms with van der Waals surface area (Å²) in [7, 11) is 0. The highest BCUT2D eigenvalue weighted by Crippen LogP contribution is 2.39. The van der Waals surface area contributed by atoms with Gasteiger partial charge in [-0.2, -0.15) is 0 Å². The lowest BCUT2D eigenvalue weighted by Crippen LogP contribution is -2.54. The molecule has 2 fully saturated rings. The molecule has 0 unspecified atom stereocenters. The summed E-state index contributed by atoms with van der Waals surface area (Å²) in [6.07, 6.45) is 4.59. The number of ether oxygens (including phenoxy) is 1. The Labute approximate surface area is 152 Å². The van der Waals surface area contributed by atoms with E-state index in [4.69, 9.17) is 4.74 Å². The fraction of sp³-hybridized carbons (Fsp3) is 0.667. The van der Waals surface area contributed by atoms with Crippen LogP contribution >= 0.6 is 0 Å². The van der Waals surface area contributed by atoms with Gasteiger partial charge in [-0.15, -0.1) is 0 Å². The van der Waals surface area contributed by atoms with Gasteiger partial charge in [0.1, 0.15) is 5.60 Å². The van der Waals surface area contributed by atoms with Crippen molar-refractivity contribution in [2.75, 3.05) is 26.2 Å². The fourth-order valence-electron chi connectivity index (χ4n) is 4.31. The van der Waals surface area contributed by atoms with Crippen LogP contribution in [0.25, 0.3) is 0 Å². The predicted octanol–water partition coefficient (Wildman–Crippen LogP) is 4.30. The number of carbonyl (C=O) groups excluding carboxylic acids is 1. The zero-order valence-corrected chi connectivity index (χ0v) is 16.0. The molecule has 1 amide bonds. The highest BCUT2D eigenvalue weighted by molar-refractivity contribution is 5.68. The van der Waals surface area contributed by atoms with Gasteiger partial charge < -0.3 is 9.64 Å². The van der Waals surface area contributed by atoms with E-state index in [0.29, 0.717) is 0 Å². The second kappa shape index (κ2) is 7.36. The predicted molar refractivity (Wildman–Crippen MR) is 100 cm³/mol. The first-order chi connectivity index (χ1) is 11.9. The first-order valence-electron chi connectivity index (χ1n) is 9.60. The summed E-state index contributed by atoms with van der Waals surface area (Å²) in [5.41, 5.74) is 1.19. The summed E-state index contributed by atoms with van der Waals surface area (Å²) in [6, 6.07) is 10.7. The molecule has 1 aromatic rings. The van der Waals surface area contributed by atoms with Crippen LogP contribution in [0.1, 0.15) is 52.0 Å². The molecule has 0 N–H and O–H groups in total. The normalized spacial score (nSPS) is 25.2. The number of hydrogen-bond donors (Lipinski definition) is 0. The Morgan fingerprint density at radius 2 is 1.76 bits per heavy atom. The molecule has 0 bridgehead atoms. The van der Waals surface area contributed by atoms with Crippen molar-refractivity contribution < 1.29 is 9.53 Å². The fourth-order valence-corrected chi connectivity index (χ4v) is 4.31. The molecular formula is C21H32N2O2. The Balaban J connectivity index is 1.63. The van der Waals surface area contributed by atoms with E-state index in [9.17, 15) is 4.79 Å². The quantitative estimate of drug-likeness (QED) is 0.802. The van der Waals surface area contributed by atoms with Gasteiger partial charge in [-0.1, -0.05) is 30.3 Å². The van der Waals surface area contributed by atoms with Crippen molar-refractivity contribution in [2.45, 2.75) is 58.6 Å². The second-order valence-corrected chi connectivity index (χ2v) is 8.81. The molecule has 1 aromatic carbocycles. The van der Waals surface area contributed by atoms with Gasteiger partial charge in [0.15, 0.2) is 0 Å². The average Bonchev–Trinajstić information content (AvgIpc) is 2.54. The van der Waals surface area contributed by atoms with E-state index in [1.807, 2.05) is 25.7 Å². The maximum atomic E-state index is 12.5. The largest absolute Gasteiger partial charge is 0.444 e. The van der Waals surface area contributed by atoms with Crippen LogP contribution in [-0.4, -0.2) is 47.7 Å². The van der Waals surface area contributed by atoms with Gasteiger partial charge in [0.2, 0.25) is 0 Å². The number of carbonyl (C=O) groups is 1. The Kier molecular flexibility index (Phi) is 5.38. The zero-order valence-electron chi connectivity index (χ0n) is 16.0. The Morgan fingerprint density at radius 3 is 2.44 bits per heavy atom. The van der Waals surface area contributed by atoms with Gasteiger partial charge in [0, 0.05) is 31.6 Å². The van der Waals surface area contributed by atoms with Gasteiger partial charge in [-0.3, -0.25) is 4.90 Å². The molecule has 1 spiro atoms. The Morgan fingerprint density at radius 1 is 1.08 bits per heavy atom. The van der Waals surface area contributed by atoms with Crippen LogP contribution in [0.3, 0.4) is 0 Å². The molecule has 138 valence electrons. The summed E-state index contributed by atoms with van der Waals surface area (Å²) in [4.78, 5) is 17.0. The highest BCUT2D eigenvalue weighted by Gasteiger charge is 2.41. The van der Waals surface area contributed by atoms with Crippen LogP contribution in [-0.2, 0) is 11.3 Å². The summed E-state index contributed by atoms with van der Waals surface area (Å²) < 4.78 is 5.61. The van der Waals surface area contributed by atoms with E-state index in [0.717, 1.165) is 39.1 Å². The molecule has 2 aliphatic heterocycles. The highest BCUT2D eigenvalue weighted by atomic mass is 16.6. The second-order valence-electron chi connectivity index (χ2n) is 8.81. The summed E-state index contributed by atoms with van der Waals surface area (Å²) >= 11 is 0. The van der Waals surface area contributed by atoms with Crippen LogP contribution in [0.4, 0.5) is 4.79 Å². The van der Waals surface area contributed by atoms with E-state index in [-0.39, 0.29) is 11.5 Å². The third-order valence-electron chi connectivity index (χ3n) is 5.30. The van der Waals surface area contributed by atoms with E-state index >= 15 is 0 Å². The van der Waals surface area contributed by atoms with Gasteiger partial charge in [0.25, 0.3) is 0 Å². The molecule has 2 aliphatic rings. The summed E-state index contributed by atoms with van der Waals surface area (Å²) in [6.45, 7) is 10.7. The molecular weight excluding hydrogens is 312 g/mol. The van der Waals surface area contributed by atoms with Crippen LogP contribution in [0.15, 0.2) is 30.3 Å². The minimum atomic E-state index is -0.423. The first-order valence-corrected chi connectivity index (χ1v) is 9.60. The summed E-state index contributed by atoms with van der Waals surface area (Å²) in [5.74, 6) is 0. The molecule has 25 heavy (non-hydrogen) atoms.